The van der Waals surface area contributed by atoms with Crippen LogP contribution in [0.5, 0.6) is 0 Å². The number of carbonyl (C=O) groups excluding carboxylic acids is 2. The molecule has 2 aliphatic heterocycles. The molecule has 3 heterocycles. The number of nitrogens with zero attached hydrogens (tertiary/aromatic N) is 3. The molecule has 7 heteroatoms. The highest BCUT2D eigenvalue weighted by molar-refractivity contribution is 6.05. The van der Waals surface area contributed by atoms with Gasteiger partial charge in [-0.25, -0.2) is 0 Å². The van der Waals surface area contributed by atoms with Crippen LogP contribution in [0, 0.1) is 0 Å². The van der Waals surface area contributed by atoms with E-state index in [1.165, 1.54) is 0 Å². The molecule has 0 N–H and O–H groups in total. The zero-order valence-electron chi connectivity index (χ0n) is 17.5. The molecule has 4 rings (SSSR count). The summed E-state index contributed by atoms with van der Waals surface area (Å²) in [5.41, 5.74) is 0.481. The Morgan fingerprint density at radius 3 is 2.77 bits per heavy atom. The number of piperidine rings is 1. The van der Waals surface area contributed by atoms with Crippen molar-refractivity contribution in [1.29, 1.82) is 0 Å². The maximum Gasteiger partial charge on any atom is 0.273 e. The number of methoxy groups -OCH3 is 1. The van der Waals surface area contributed by atoms with Crippen molar-refractivity contribution in [2.75, 3.05) is 40.0 Å². The van der Waals surface area contributed by atoms with Crippen LogP contribution >= 0.6 is 0 Å². The Hall–Kier alpha value is -2.51. The number of ether oxygens (including phenoxy) is 2. The molecule has 0 saturated carbocycles. The van der Waals surface area contributed by atoms with Crippen molar-refractivity contribution in [2.24, 2.45) is 0 Å². The largest absolute Gasteiger partial charge is 0.381 e. The third kappa shape index (κ3) is 4.32. The number of aromatic nitrogens is 1. The summed E-state index contributed by atoms with van der Waals surface area (Å²) in [6, 6.07) is 9.86. The summed E-state index contributed by atoms with van der Waals surface area (Å²) >= 11 is 0. The van der Waals surface area contributed by atoms with Crippen LogP contribution in [0.15, 0.2) is 36.5 Å². The number of amides is 2. The summed E-state index contributed by atoms with van der Waals surface area (Å²) in [6.07, 6.45) is 5.09. The van der Waals surface area contributed by atoms with Gasteiger partial charge in [-0.15, -0.1) is 0 Å². The molecule has 1 aromatic heterocycles. The smallest absolute Gasteiger partial charge is 0.273 e. The first-order valence-corrected chi connectivity index (χ1v) is 10.7. The minimum atomic E-state index is -0.0670. The summed E-state index contributed by atoms with van der Waals surface area (Å²) in [6.45, 7) is 2.59. The maximum atomic E-state index is 13.4. The van der Waals surface area contributed by atoms with E-state index in [9.17, 15) is 9.59 Å². The fourth-order valence-corrected chi connectivity index (χ4v) is 4.67. The van der Waals surface area contributed by atoms with Crippen LogP contribution in [0.3, 0.4) is 0 Å². The topological polar surface area (TPSA) is 72.0 Å². The monoisotopic (exact) mass is 411 g/mol. The van der Waals surface area contributed by atoms with Gasteiger partial charge in [-0.1, -0.05) is 24.3 Å². The van der Waals surface area contributed by atoms with E-state index in [4.69, 9.17) is 9.47 Å². The van der Waals surface area contributed by atoms with Crippen LogP contribution in [-0.2, 0) is 14.3 Å². The zero-order valence-corrected chi connectivity index (χ0v) is 17.5. The van der Waals surface area contributed by atoms with Crippen LogP contribution in [0.25, 0.3) is 10.8 Å². The summed E-state index contributed by atoms with van der Waals surface area (Å²) in [4.78, 5) is 34.5. The minimum absolute atomic E-state index is 0.00742. The second-order valence-electron chi connectivity index (χ2n) is 8.01. The van der Waals surface area contributed by atoms with Gasteiger partial charge in [0.15, 0.2) is 0 Å². The first kappa shape index (κ1) is 20.8. The lowest BCUT2D eigenvalue weighted by Crippen LogP contribution is -2.57. The van der Waals surface area contributed by atoms with E-state index >= 15 is 0 Å². The fourth-order valence-electron chi connectivity index (χ4n) is 4.67. The van der Waals surface area contributed by atoms with E-state index in [2.05, 4.69) is 4.98 Å². The zero-order chi connectivity index (χ0) is 20.9. The molecule has 2 amide bonds. The van der Waals surface area contributed by atoms with Crippen molar-refractivity contribution >= 4 is 22.6 Å². The molecule has 30 heavy (non-hydrogen) atoms. The average Bonchev–Trinajstić information content (AvgIpc) is 2.79. The van der Waals surface area contributed by atoms with Gasteiger partial charge in [0.2, 0.25) is 5.91 Å². The lowest BCUT2D eigenvalue weighted by molar-refractivity contribution is -0.143. The van der Waals surface area contributed by atoms with Crippen molar-refractivity contribution in [3.63, 3.8) is 0 Å². The van der Waals surface area contributed by atoms with Gasteiger partial charge in [0, 0.05) is 57.1 Å². The Balaban J connectivity index is 1.56. The lowest BCUT2D eigenvalue weighted by Gasteiger charge is -2.44. The molecule has 2 saturated heterocycles. The van der Waals surface area contributed by atoms with Gasteiger partial charge in [-0.2, -0.15) is 0 Å². The third-order valence-corrected chi connectivity index (χ3v) is 6.09. The molecule has 7 nitrogen and oxygen atoms in total. The van der Waals surface area contributed by atoms with Crippen molar-refractivity contribution < 1.29 is 19.1 Å². The highest BCUT2D eigenvalue weighted by atomic mass is 16.5. The number of hydrogen-bond donors (Lipinski definition) is 0. The van der Waals surface area contributed by atoms with Crippen molar-refractivity contribution in [2.45, 2.75) is 37.8 Å². The minimum Gasteiger partial charge on any atom is -0.381 e. The molecule has 2 fully saturated rings. The molecule has 0 spiro atoms. The second kappa shape index (κ2) is 9.53. The number of benzene rings is 1. The lowest BCUT2D eigenvalue weighted by atomic mass is 9.98. The number of rotatable bonds is 5. The summed E-state index contributed by atoms with van der Waals surface area (Å²) in [7, 11) is 1.54. The second-order valence-corrected chi connectivity index (χ2v) is 8.01. The SMILES string of the molecule is COCC(=O)N(C1CCOCC1)C1CCCN(C(=O)c2nccc3ccccc23)C1. The quantitative estimate of drug-likeness (QED) is 0.756. The van der Waals surface area contributed by atoms with E-state index in [0.717, 1.165) is 36.5 Å². The molecule has 1 unspecified atom stereocenters. The van der Waals surface area contributed by atoms with Crippen molar-refractivity contribution in [1.82, 2.24) is 14.8 Å². The number of likely N-dealkylation sites (tertiary alicyclic amines) is 1. The van der Waals surface area contributed by atoms with Gasteiger partial charge in [0.05, 0.1) is 0 Å². The Labute approximate surface area is 177 Å². The molecule has 2 aliphatic rings. The summed E-state index contributed by atoms with van der Waals surface area (Å²) < 4.78 is 10.6. The molecule has 160 valence electrons. The van der Waals surface area contributed by atoms with Gasteiger partial charge in [0.1, 0.15) is 12.3 Å². The standard InChI is InChI=1S/C23H29N3O4/c1-29-16-21(27)26(18-9-13-30-14-10-18)19-6-4-12-25(15-19)23(28)22-20-7-3-2-5-17(20)8-11-24-22/h2-3,5,7-8,11,18-19H,4,6,9-10,12-16H2,1H3. The van der Waals surface area contributed by atoms with Crippen LogP contribution in [0.4, 0.5) is 0 Å². The van der Waals surface area contributed by atoms with Crippen molar-refractivity contribution in [3.05, 3.63) is 42.2 Å². The van der Waals surface area contributed by atoms with Gasteiger partial charge in [-0.3, -0.25) is 14.6 Å². The van der Waals surface area contributed by atoms with Crippen LogP contribution < -0.4 is 0 Å². The van der Waals surface area contributed by atoms with E-state index < -0.39 is 0 Å². The van der Waals surface area contributed by atoms with E-state index in [0.29, 0.717) is 32.0 Å². The number of pyridine rings is 1. The first-order chi connectivity index (χ1) is 14.7. The Bertz CT molecular complexity index is 892. The molecule has 1 atom stereocenters. The molecule has 0 radical (unpaired) electrons. The number of fused-ring (bicyclic) bond motifs is 1. The number of carbonyl (C=O) groups is 2. The molecular weight excluding hydrogens is 382 g/mol. The van der Waals surface area contributed by atoms with Crippen molar-refractivity contribution in [3.8, 4) is 0 Å². The third-order valence-electron chi connectivity index (χ3n) is 6.09. The Morgan fingerprint density at radius 1 is 1.17 bits per heavy atom. The maximum absolute atomic E-state index is 13.4. The van der Waals surface area contributed by atoms with E-state index in [1.54, 1.807) is 13.3 Å². The van der Waals surface area contributed by atoms with Crippen LogP contribution in [0.2, 0.25) is 0 Å². The summed E-state index contributed by atoms with van der Waals surface area (Å²) in [5.74, 6) is -0.0744. The van der Waals surface area contributed by atoms with E-state index in [-0.39, 0.29) is 30.5 Å². The highest BCUT2D eigenvalue weighted by Gasteiger charge is 2.36. The van der Waals surface area contributed by atoms with Gasteiger partial charge in [-0.05, 0) is 37.1 Å². The average molecular weight is 412 g/mol. The molecular formula is C23H29N3O4. The molecule has 0 aliphatic carbocycles. The fraction of sp³-hybridized carbons (Fsp3) is 0.522. The first-order valence-electron chi connectivity index (χ1n) is 10.7. The van der Waals surface area contributed by atoms with Crippen LogP contribution in [0.1, 0.15) is 36.2 Å². The predicted octanol–water partition coefficient (Wildman–Crippen LogP) is 2.49. The van der Waals surface area contributed by atoms with Crippen LogP contribution in [-0.4, -0.2) is 78.7 Å². The Kier molecular flexibility index (Phi) is 6.59. The predicted molar refractivity (Wildman–Crippen MR) is 113 cm³/mol. The summed E-state index contributed by atoms with van der Waals surface area (Å²) in [5, 5.41) is 1.87. The molecule has 2 aromatic rings. The van der Waals surface area contributed by atoms with Gasteiger partial charge in [0.25, 0.3) is 5.91 Å². The number of hydrogen-bond acceptors (Lipinski definition) is 5. The van der Waals surface area contributed by atoms with Gasteiger partial charge < -0.3 is 19.3 Å². The highest BCUT2D eigenvalue weighted by Crippen LogP contribution is 2.25. The Morgan fingerprint density at radius 2 is 1.97 bits per heavy atom. The molecule has 0 bridgehead atoms. The van der Waals surface area contributed by atoms with Gasteiger partial charge >= 0.3 is 0 Å². The van der Waals surface area contributed by atoms with E-state index in [1.807, 2.05) is 40.1 Å². The normalized spacial score (nSPS) is 20.3. The molecule has 1 aromatic carbocycles.